The number of carbonyl (C=O) groups is 2. The predicted molar refractivity (Wildman–Crippen MR) is 117 cm³/mol. The lowest BCUT2D eigenvalue weighted by Gasteiger charge is -2.29. The highest BCUT2D eigenvalue weighted by molar-refractivity contribution is 6.00. The summed E-state index contributed by atoms with van der Waals surface area (Å²) in [6.07, 6.45) is 7.99. The minimum Gasteiger partial charge on any atom is -0.490 e. The van der Waals surface area contributed by atoms with Crippen LogP contribution in [0.3, 0.4) is 0 Å². The van der Waals surface area contributed by atoms with E-state index >= 15 is 0 Å². The fourth-order valence-electron chi connectivity index (χ4n) is 4.31. The van der Waals surface area contributed by atoms with Crippen molar-refractivity contribution in [2.75, 3.05) is 23.4 Å². The van der Waals surface area contributed by atoms with E-state index in [-0.39, 0.29) is 11.8 Å². The molecule has 160 valence electrons. The van der Waals surface area contributed by atoms with E-state index in [1.807, 2.05) is 36.9 Å². The van der Waals surface area contributed by atoms with E-state index in [0.29, 0.717) is 37.2 Å². The van der Waals surface area contributed by atoms with E-state index in [4.69, 9.17) is 4.74 Å². The highest BCUT2D eigenvalue weighted by Gasteiger charge is 2.38. The summed E-state index contributed by atoms with van der Waals surface area (Å²) in [6.45, 7) is 9.02. The summed E-state index contributed by atoms with van der Waals surface area (Å²) in [5, 5.41) is 3.02. The molecule has 5 nitrogen and oxygen atoms in total. The average molecular weight is 401 g/mol. The molecular formula is C24H36N2O3. The number of hydrogen-bond donors (Lipinski definition) is 1. The van der Waals surface area contributed by atoms with Crippen molar-refractivity contribution in [3.05, 3.63) is 18.2 Å². The Morgan fingerprint density at radius 2 is 1.97 bits per heavy atom. The second kappa shape index (κ2) is 9.19. The van der Waals surface area contributed by atoms with Gasteiger partial charge in [0.15, 0.2) is 0 Å². The van der Waals surface area contributed by atoms with Crippen LogP contribution in [0.5, 0.6) is 5.75 Å². The van der Waals surface area contributed by atoms with Crippen molar-refractivity contribution in [2.24, 2.45) is 17.3 Å². The van der Waals surface area contributed by atoms with Gasteiger partial charge in [-0.3, -0.25) is 9.59 Å². The summed E-state index contributed by atoms with van der Waals surface area (Å²) in [4.78, 5) is 27.3. The molecule has 1 aliphatic heterocycles. The first-order chi connectivity index (χ1) is 13.8. The summed E-state index contributed by atoms with van der Waals surface area (Å²) in [7, 11) is 0. The summed E-state index contributed by atoms with van der Waals surface area (Å²) >= 11 is 0. The second-order valence-electron chi connectivity index (χ2n) is 9.76. The molecule has 2 amide bonds. The van der Waals surface area contributed by atoms with E-state index in [0.717, 1.165) is 17.8 Å². The maximum absolute atomic E-state index is 13.0. The first-order valence-corrected chi connectivity index (χ1v) is 11.1. The number of amides is 2. The Balaban J connectivity index is 1.69. The van der Waals surface area contributed by atoms with E-state index < -0.39 is 5.41 Å². The number of hydrogen-bond acceptors (Lipinski definition) is 3. The molecule has 1 heterocycles. The lowest BCUT2D eigenvalue weighted by Crippen LogP contribution is -2.43. The third-order valence-electron chi connectivity index (χ3n) is 6.00. The zero-order valence-electron chi connectivity index (χ0n) is 18.4. The van der Waals surface area contributed by atoms with Gasteiger partial charge >= 0.3 is 0 Å². The fourth-order valence-corrected chi connectivity index (χ4v) is 4.31. The molecule has 3 rings (SSSR count). The zero-order chi connectivity index (χ0) is 21.0. The number of carbonyl (C=O) groups excluding carboxylic acids is 2. The van der Waals surface area contributed by atoms with Crippen molar-refractivity contribution in [3.63, 3.8) is 0 Å². The Morgan fingerprint density at radius 1 is 1.24 bits per heavy atom. The highest BCUT2D eigenvalue weighted by Crippen LogP contribution is 2.38. The molecule has 0 spiro atoms. The Morgan fingerprint density at radius 3 is 2.66 bits per heavy atom. The van der Waals surface area contributed by atoms with Crippen LogP contribution in [0.4, 0.5) is 11.4 Å². The van der Waals surface area contributed by atoms with Crippen LogP contribution in [-0.4, -0.2) is 25.0 Å². The quantitative estimate of drug-likeness (QED) is 0.696. The van der Waals surface area contributed by atoms with Crippen molar-refractivity contribution >= 4 is 23.2 Å². The van der Waals surface area contributed by atoms with Gasteiger partial charge in [-0.25, -0.2) is 0 Å². The average Bonchev–Trinajstić information content (AvgIpc) is 2.77. The maximum Gasteiger partial charge on any atom is 0.236 e. The van der Waals surface area contributed by atoms with Crippen LogP contribution in [0.1, 0.15) is 72.6 Å². The fraction of sp³-hybridized carbons (Fsp3) is 0.667. The Hall–Kier alpha value is -2.04. The molecule has 0 aromatic heterocycles. The molecule has 1 saturated carbocycles. The van der Waals surface area contributed by atoms with E-state index in [1.54, 1.807) is 0 Å². The molecule has 0 atom stereocenters. The van der Waals surface area contributed by atoms with Crippen LogP contribution < -0.4 is 15.0 Å². The van der Waals surface area contributed by atoms with Gasteiger partial charge in [-0.05, 0) is 44.2 Å². The third-order valence-corrected chi connectivity index (χ3v) is 6.00. The van der Waals surface area contributed by atoms with Gasteiger partial charge in [-0.1, -0.05) is 46.0 Å². The Bertz CT molecular complexity index is 736. The van der Waals surface area contributed by atoms with Gasteiger partial charge < -0.3 is 15.0 Å². The van der Waals surface area contributed by atoms with Crippen LogP contribution in [0.2, 0.25) is 0 Å². The molecule has 29 heavy (non-hydrogen) atoms. The minimum atomic E-state index is -0.586. The van der Waals surface area contributed by atoms with Gasteiger partial charge in [0.2, 0.25) is 11.8 Å². The Kier molecular flexibility index (Phi) is 6.86. The largest absolute Gasteiger partial charge is 0.490 e. The lowest BCUT2D eigenvalue weighted by molar-refractivity contribution is -0.127. The molecule has 2 aliphatic rings. The van der Waals surface area contributed by atoms with E-state index in [9.17, 15) is 9.59 Å². The van der Waals surface area contributed by atoms with E-state index in [1.165, 1.54) is 32.1 Å². The van der Waals surface area contributed by atoms with Crippen molar-refractivity contribution in [1.29, 1.82) is 0 Å². The summed E-state index contributed by atoms with van der Waals surface area (Å²) in [5.74, 6) is 1.84. The molecule has 1 fully saturated rings. The summed E-state index contributed by atoms with van der Waals surface area (Å²) < 4.78 is 6.01. The number of fused-ring (bicyclic) bond motifs is 1. The zero-order valence-corrected chi connectivity index (χ0v) is 18.4. The van der Waals surface area contributed by atoms with Crippen molar-refractivity contribution in [1.82, 2.24) is 0 Å². The predicted octanol–water partition coefficient (Wildman–Crippen LogP) is 5.39. The van der Waals surface area contributed by atoms with Crippen LogP contribution >= 0.6 is 0 Å². The number of anilines is 2. The molecule has 5 heteroatoms. The first-order valence-electron chi connectivity index (χ1n) is 11.1. The van der Waals surface area contributed by atoms with Crippen LogP contribution in [0, 0.1) is 17.3 Å². The van der Waals surface area contributed by atoms with Gasteiger partial charge in [-0.15, -0.1) is 0 Å². The monoisotopic (exact) mass is 400 g/mol. The number of nitrogens with one attached hydrogen (secondary N) is 1. The molecule has 1 aliphatic carbocycles. The van der Waals surface area contributed by atoms with Gasteiger partial charge in [0.25, 0.3) is 0 Å². The number of rotatable bonds is 6. The first kappa shape index (κ1) is 21.7. The number of ether oxygens (including phenoxy) is 1. The smallest absolute Gasteiger partial charge is 0.236 e. The van der Waals surface area contributed by atoms with E-state index in [2.05, 4.69) is 19.2 Å². The molecule has 1 aromatic carbocycles. The molecule has 0 bridgehead atoms. The second-order valence-corrected chi connectivity index (χ2v) is 9.76. The molecular weight excluding hydrogens is 364 g/mol. The molecule has 0 unspecified atom stereocenters. The molecule has 1 aromatic rings. The standard InChI is InChI=1S/C24H36N2O3/c1-17(2)15-26-20-12-11-19(14-21(20)29-16-24(3,4)23(26)28)25-22(27)13-10-18-8-6-5-7-9-18/h11-12,14,17-18H,5-10,13,15-16H2,1-4H3,(H,25,27). The maximum atomic E-state index is 13.0. The summed E-state index contributed by atoms with van der Waals surface area (Å²) in [6, 6.07) is 5.63. The third kappa shape index (κ3) is 5.52. The molecule has 0 saturated heterocycles. The molecule has 1 N–H and O–H groups in total. The summed E-state index contributed by atoms with van der Waals surface area (Å²) in [5.41, 5.74) is 0.931. The molecule has 0 radical (unpaired) electrons. The SMILES string of the molecule is CC(C)CN1C(=O)C(C)(C)COc2cc(NC(=O)CCC3CCCCC3)ccc21. The van der Waals surface area contributed by atoms with Crippen molar-refractivity contribution in [3.8, 4) is 5.75 Å². The topological polar surface area (TPSA) is 58.6 Å². The van der Waals surface area contributed by atoms with Crippen LogP contribution in [0.25, 0.3) is 0 Å². The normalized spacial score (nSPS) is 19.5. The lowest BCUT2D eigenvalue weighted by atomic mass is 9.86. The Labute approximate surface area is 175 Å². The van der Waals surface area contributed by atoms with Crippen molar-refractivity contribution < 1.29 is 14.3 Å². The van der Waals surface area contributed by atoms with Gasteiger partial charge in [0.1, 0.15) is 12.4 Å². The number of nitrogens with zero attached hydrogens (tertiary/aromatic N) is 1. The van der Waals surface area contributed by atoms with Gasteiger partial charge in [0.05, 0.1) is 11.1 Å². The van der Waals surface area contributed by atoms with Crippen LogP contribution in [-0.2, 0) is 9.59 Å². The minimum absolute atomic E-state index is 0.0552. The van der Waals surface area contributed by atoms with Crippen LogP contribution in [0.15, 0.2) is 18.2 Å². The van der Waals surface area contributed by atoms with Crippen molar-refractivity contribution in [2.45, 2.75) is 72.6 Å². The van der Waals surface area contributed by atoms with Gasteiger partial charge in [-0.2, -0.15) is 0 Å². The van der Waals surface area contributed by atoms with Gasteiger partial charge in [0, 0.05) is 24.7 Å². The highest BCUT2D eigenvalue weighted by atomic mass is 16.5. The number of benzene rings is 1.